The zero-order valence-electron chi connectivity index (χ0n) is 9.61. The lowest BCUT2D eigenvalue weighted by atomic mass is 10.1. The van der Waals surface area contributed by atoms with E-state index in [0.717, 1.165) is 0 Å². The van der Waals surface area contributed by atoms with Gasteiger partial charge in [-0.3, -0.25) is 0 Å². The zero-order valence-corrected chi connectivity index (χ0v) is 11.3. The summed E-state index contributed by atoms with van der Waals surface area (Å²) in [6.45, 7) is 1.52. The van der Waals surface area contributed by atoms with E-state index in [1.807, 2.05) is 0 Å². The van der Waals surface area contributed by atoms with Crippen molar-refractivity contribution in [1.82, 2.24) is 0 Å². The van der Waals surface area contributed by atoms with E-state index < -0.39 is 33.7 Å². The Morgan fingerprint density at radius 1 is 1.53 bits per heavy atom. The van der Waals surface area contributed by atoms with Gasteiger partial charge in [-0.2, -0.15) is 18.4 Å². The van der Waals surface area contributed by atoms with Gasteiger partial charge in [0.1, 0.15) is 6.07 Å². The average Bonchev–Trinajstić information content (AvgIpc) is 2.30. The first-order valence-corrected chi connectivity index (χ1v) is 6.25. The molecule has 8 heteroatoms. The van der Waals surface area contributed by atoms with E-state index in [1.54, 1.807) is 6.07 Å². The highest BCUT2D eigenvalue weighted by molar-refractivity contribution is 8.00. The molecule has 19 heavy (non-hydrogen) atoms. The van der Waals surface area contributed by atoms with Crippen molar-refractivity contribution in [2.24, 2.45) is 0 Å². The smallest absolute Gasteiger partial charge is 0.446 e. The standard InChI is InChI=1S/C11H8F3NO2S2/c1-2-17-10(16)8-6(5-15)3-4-7(18)9(8)19-11(12,13)14/h3-4,18H,2H2,1H3. The number of carbonyl (C=O) groups excluding carboxylic acids is 1. The van der Waals surface area contributed by atoms with Crippen LogP contribution in [0.15, 0.2) is 21.9 Å². The predicted molar refractivity (Wildman–Crippen MR) is 66.3 cm³/mol. The molecule has 0 unspecified atom stereocenters. The number of rotatable bonds is 3. The predicted octanol–water partition coefficient (Wildman–Crippen LogP) is 3.64. The molecular weight excluding hydrogens is 299 g/mol. The maximum atomic E-state index is 12.5. The summed E-state index contributed by atoms with van der Waals surface area (Å²) in [5.74, 6) is -0.971. The first kappa shape index (κ1) is 15.7. The molecule has 0 aliphatic heterocycles. The minimum absolute atomic E-state index is 0.00335. The van der Waals surface area contributed by atoms with E-state index in [-0.39, 0.29) is 17.1 Å². The number of nitrogens with zero attached hydrogens (tertiary/aromatic N) is 1. The molecule has 0 spiro atoms. The molecule has 1 rings (SSSR count). The van der Waals surface area contributed by atoms with Gasteiger partial charge in [-0.1, -0.05) is 0 Å². The van der Waals surface area contributed by atoms with Crippen LogP contribution in [0.4, 0.5) is 13.2 Å². The molecule has 0 amide bonds. The first-order valence-electron chi connectivity index (χ1n) is 4.99. The van der Waals surface area contributed by atoms with Crippen molar-refractivity contribution in [2.75, 3.05) is 6.61 Å². The van der Waals surface area contributed by atoms with E-state index >= 15 is 0 Å². The fraction of sp³-hybridized carbons (Fsp3) is 0.273. The van der Waals surface area contributed by atoms with Crippen LogP contribution in [0.5, 0.6) is 0 Å². The lowest BCUT2D eigenvalue weighted by Gasteiger charge is -2.13. The number of ether oxygens (including phenoxy) is 1. The molecule has 3 nitrogen and oxygen atoms in total. The van der Waals surface area contributed by atoms with Crippen LogP contribution in [0.3, 0.4) is 0 Å². The van der Waals surface area contributed by atoms with Crippen LogP contribution in [0.2, 0.25) is 0 Å². The summed E-state index contributed by atoms with van der Waals surface area (Å²) in [6.07, 6.45) is 0. The van der Waals surface area contributed by atoms with E-state index in [9.17, 15) is 18.0 Å². The quantitative estimate of drug-likeness (QED) is 0.526. The number of thiol groups is 1. The fourth-order valence-corrected chi connectivity index (χ4v) is 2.31. The highest BCUT2D eigenvalue weighted by atomic mass is 32.2. The minimum atomic E-state index is -4.59. The normalized spacial score (nSPS) is 10.9. The lowest BCUT2D eigenvalue weighted by molar-refractivity contribution is -0.0329. The van der Waals surface area contributed by atoms with E-state index in [4.69, 9.17) is 5.26 Å². The largest absolute Gasteiger partial charge is 0.462 e. The molecule has 0 saturated carbocycles. The number of hydrogen-bond donors (Lipinski definition) is 1. The molecule has 1 aromatic carbocycles. The third kappa shape index (κ3) is 4.08. The third-order valence-corrected chi connectivity index (χ3v) is 3.34. The summed E-state index contributed by atoms with van der Waals surface area (Å²) in [4.78, 5) is 11.2. The molecule has 1 aromatic rings. The molecule has 0 atom stereocenters. The number of alkyl halides is 3. The molecular formula is C11H8F3NO2S2. The van der Waals surface area contributed by atoms with E-state index in [1.165, 1.54) is 19.1 Å². The summed E-state index contributed by atoms with van der Waals surface area (Å²) in [5.41, 5.74) is -5.17. The van der Waals surface area contributed by atoms with Gasteiger partial charge in [-0.25, -0.2) is 4.79 Å². The Morgan fingerprint density at radius 3 is 2.63 bits per heavy atom. The van der Waals surface area contributed by atoms with E-state index in [0.29, 0.717) is 0 Å². The van der Waals surface area contributed by atoms with Crippen molar-refractivity contribution in [3.05, 3.63) is 23.3 Å². The van der Waals surface area contributed by atoms with Crippen LogP contribution in [0, 0.1) is 11.3 Å². The van der Waals surface area contributed by atoms with Gasteiger partial charge in [0.05, 0.1) is 17.7 Å². The SMILES string of the molecule is CCOC(=O)c1c(C#N)ccc(S)c1SC(F)(F)F. The zero-order chi connectivity index (χ0) is 14.6. The summed E-state index contributed by atoms with van der Waals surface area (Å²) in [7, 11) is 0. The molecule has 0 aliphatic rings. The van der Waals surface area contributed by atoms with Gasteiger partial charge in [-0.05, 0) is 30.8 Å². The Hall–Kier alpha value is -1.33. The van der Waals surface area contributed by atoms with Crippen molar-refractivity contribution in [2.45, 2.75) is 22.2 Å². The number of carbonyl (C=O) groups is 1. The minimum Gasteiger partial charge on any atom is -0.462 e. The molecule has 0 saturated heterocycles. The van der Waals surface area contributed by atoms with Crippen LogP contribution in [-0.2, 0) is 4.74 Å². The molecule has 0 bridgehead atoms. The van der Waals surface area contributed by atoms with Crippen molar-refractivity contribution in [3.8, 4) is 6.07 Å². The van der Waals surface area contributed by atoms with Crippen molar-refractivity contribution < 1.29 is 22.7 Å². The Morgan fingerprint density at radius 2 is 2.16 bits per heavy atom. The van der Waals surface area contributed by atoms with E-state index in [2.05, 4.69) is 17.4 Å². The molecule has 0 fully saturated rings. The number of hydrogen-bond acceptors (Lipinski definition) is 5. The highest BCUT2D eigenvalue weighted by Crippen LogP contribution is 2.42. The molecule has 0 aliphatic carbocycles. The molecule has 0 heterocycles. The monoisotopic (exact) mass is 307 g/mol. The average molecular weight is 307 g/mol. The van der Waals surface area contributed by atoms with Gasteiger partial charge >= 0.3 is 11.5 Å². The van der Waals surface area contributed by atoms with Crippen molar-refractivity contribution >= 4 is 30.4 Å². The van der Waals surface area contributed by atoms with Gasteiger partial charge in [0.15, 0.2) is 0 Å². The maximum Gasteiger partial charge on any atom is 0.446 e. The van der Waals surface area contributed by atoms with Crippen molar-refractivity contribution in [1.29, 1.82) is 5.26 Å². The van der Waals surface area contributed by atoms with Gasteiger partial charge < -0.3 is 4.74 Å². The van der Waals surface area contributed by atoms with Gasteiger partial charge in [0.2, 0.25) is 0 Å². The second-order valence-electron chi connectivity index (χ2n) is 3.22. The van der Waals surface area contributed by atoms with Gasteiger partial charge in [-0.15, -0.1) is 12.6 Å². The Balaban J connectivity index is 3.42. The Bertz CT molecular complexity index is 538. The highest BCUT2D eigenvalue weighted by Gasteiger charge is 2.34. The number of benzene rings is 1. The number of thioether (sulfide) groups is 1. The summed E-state index contributed by atoms with van der Waals surface area (Å²) in [6, 6.07) is 4.14. The first-order chi connectivity index (χ1) is 8.80. The second-order valence-corrected chi connectivity index (χ2v) is 4.77. The summed E-state index contributed by atoms with van der Waals surface area (Å²) < 4.78 is 42.1. The molecule has 0 aromatic heterocycles. The lowest BCUT2D eigenvalue weighted by Crippen LogP contribution is -2.11. The number of halogens is 3. The van der Waals surface area contributed by atoms with Crippen LogP contribution < -0.4 is 0 Å². The van der Waals surface area contributed by atoms with Crippen LogP contribution in [0.1, 0.15) is 22.8 Å². The second kappa shape index (κ2) is 6.21. The molecule has 0 radical (unpaired) electrons. The fourth-order valence-electron chi connectivity index (χ4n) is 1.29. The third-order valence-electron chi connectivity index (χ3n) is 1.95. The number of esters is 1. The summed E-state index contributed by atoms with van der Waals surface area (Å²) in [5, 5.41) is 8.88. The summed E-state index contributed by atoms with van der Waals surface area (Å²) >= 11 is 3.40. The van der Waals surface area contributed by atoms with Gasteiger partial charge in [0.25, 0.3) is 0 Å². The Labute approximate surface area is 117 Å². The molecule has 0 N–H and O–H groups in total. The van der Waals surface area contributed by atoms with Gasteiger partial charge in [0, 0.05) is 9.79 Å². The van der Waals surface area contributed by atoms with Crippen LogP contribution >= 0.6 is 24.4 Å². The number of nitriles is 1. The van der Waals surface area contributed by atoms with Crippen molar-refractivity contribution in [3.63, 3.8) is 0 Å². The maximum absolute atomic E-state index is 12.5. The Kier molecular flexibility index (Phi) is 5.14. The van der Waals surface area contributed by atoms with Crippen LogP contribution in [-0.4, -0.2) is 18.1 Å². The van der Waals surface area contributed by atoms with Crippen LogP contribution in [0.25, 0.3) is 0 Å². The topological polar surface area (TPSA) is 50.1 Å². The molecule has 102 valence electrons.